The number of hydrogen-bond donors (Lipinski definition) is 3. The normalized spacial score (nSPS) is 11.0. The Hall–Kier alpha value is -3.17. The summed E-state index contributed by atoms with van der Waals surface area (Å²) in [5, 5.41) is 2.05. The summed E-state index contributed by atoms with van der Waals surface area (Å²) in [6, 6.07) is 3.05. The summed E-state index contributed by atoms with van der Waals surface area (Å²) >= 11 is 0. The van der Waals surface area contributed by atoms with Gasteiger partial charge in [-0.3, -0.25) is 4.79 Å². The molecule has 0 fully saturated rings. The minimum Gasteiger partial charge on any atom is -0.491 e. The van der Waals surface area contributed by atoms with Crippen molar-refractivity contribution in [2.75, 3.05) is 12.4 Å². The molecule has 1 aromatic heterocycles. The summed E-state index contributed by atoms with van der Waals surface area (Å²) < 4.78 is 49.5. The van der Waals surface area contributed by atoms with Crippen molar-refractivity contribution in [2.24, 2.45) is 5.73 Å². The van der Waals surface area contributed by atoms with Gasteiger partial charge in [-0.1, -0.05) is 0 Å². The molecular formula is C14H12F3N3O4. The number of aromatic amines is 1. The highest BCUT2D eigenvalue weighted by Crippen LogP contribution is 2.39. The molecule has 0 atom stereocenters. The van der Waals surface area contributed by atoms with Crippen LogP contribution in [0.15, 0.2) is 35.3 Å². The minimum atomic E-state index is -4.74. The Kier molecular flexibility index (Phi) is 4.67. The third kappa shape index (κ3) is 3.97. The summed E-state index contributed by atoms with van der Waals surface area (Å²) in [5.41, 5.74) is 3.06. The molecule has 0 bridgehead atoms. The Morgan fingerprint density at radius 2 is 1.96 bits per heavy atom. The number of primary amides is 1. The van der Waals surface area contributed by atoms with Crippen molar-refractivity contribution < 1.29 is 27.4 Å². The second kappa shape index (κ2) is 6.52. The van der Waals surface area contributed by atoms with Gasteiger partial charge in [0.2, 0.25) is 0 Å². The summed E-state index contributed by atoms with van der Waals surface area (Å²) in [6.45, 7) is 0. The molecule has 1 aromatic carbocycles. The van der Waals surface area contributed by atoms with E-state index in [1.807, 2.05) is 5.32 Å². The number of H-pyrrole nitrogens is 1. The van der Waals surface area contributed by atoms with Gasteiger partial charge >= 0.3 is 12.2 Å². The lowest BCUT2D eigenvalue weighted by Gasteiger charge is -2.15. The molecule has 7 nitrogen and oxygen atoms in total. The Morgan fingerprint density at radius 3 is 2.54 bits per heavy atom. The minimum absolute atomic E-state index is 0.0624. The number of carbonyl (C=O) groups excluding carboxylic acids is 1. The van der Waals surface area contributed by atoms with Crippen LogP contribution in [0.4, 0.5) is 23.7 Å². The van der Waals surface area contributed by atoms with Crippen molar-refractivity contribution in [3.8, 4) is 17.2 Å². The number of benzene rings is 1. The van der Waals surface area contributed by atoms with Gasteiger partial charge in [-0.15, -0.1) is 0 Å². The van der Waals surface area contributed by atoms with Crippen molar-refractivity contribution in [2.45, 2.75) is 6.18 Å². The molecule has 0 saturated carbocycles. The molecular weight excluding hydrogens is 331 g/mol. The van der Waals surface area contributed by atoms with Gasteiger partial charge in [0.1, 0.15) is 17.1 Å². The molecule has 24 heavy (non-hydrogen) atoms. The van der Waals surface area contributed by atoms with Crippen molar-refractivity contribution in [3.05, 3.63) is 46.4 Å². The second-order valence-electron chi connectivity index (χ2n) is 4.53. The first-order valence-electron chi connectivity index (χ1n) is 6.43. The average Bonchev–Trinajstić information content (AvgIpc) is 2.49. The molecule has 0 unspecified atom stereocenters. The number of anilines is 1. The van der Waals surface area contributed by atoms with Gasteiger partial charge < -0.3 is 25.5 Å². The van der Waals surface area contributed by atoms with Crippen molar-refractivity contribution in [3.63, 3.8) is 0 Å². The van der Waals surface area contributed by atoms with Crippen molar-refractivity contribution in [1.82, 2.24) is 4.98 Å². The number of rotatable bonds is 4. The molecule has 1 heterocycles. The lowest BCUT2D eigenvalue weighted by molar-refractivity contribution is -0.138. The number of ether oxygens (including phenoxy) is 2. The van der Waals surface area contributed by atoms with Crippen LogP contribution in [0.5, 0.6) is 17.2 Å². The molecule has 128 valence electrons. The first-order valence-corrected chi connectivity index (χ1v) is 6.43. The van der Waals surface area contributed by atoms with Crippen LogP contribution in [-0.2, 0) is 6.18 Å². The number of carbonyl (C=O) groups is 1. The number of methoxy groups -OCH3 is 1. The van der Waals surface area contributed by atoms with Gasteiger partial charge in [0.05, 0.1) is 7.11 Å². The Labute approximate surface area is 133 Å². The number of pyridine rings is 1. The van der Waals surface area contributed by atoms with E-state index in [9.17, 15) is 22.8 Å². The number of alkyl halides is 3. The number of urea groups is 1. The number of hydrogen-bond acceptors (Lipinski definition) is 4. The van der Waals surface area contributed by atoms with E-state index in [1.54, 1.807) is 0 Å². The molecule has 2 aromatic rings. The zero-order valence-corrected chi connectivity index (χ0v) is 12.2. The zero-order valence-electron chi connectivity index (χ0n) is 12.2. The number of halogens is 3. The Morgan fingerprint density at radius 1 is 1.25 bits per heavy atom. The van der Waals surface area contributed by atoms with Crippen molar-refractivity contribution in [1.29, 1.82) is 0 Å². The highest BCUT2D eigenvalue weighted by atomic mass is 19.4. The maximum atomic E-state index is 13.2. The van der Waals surface area contributed by atoms with Crippen LogP contribution in [0.2, 0.25) is 0 Å². The van der Waals surface area contributed by atoms with Crippen LogP contribution in [0.1, 0.15) is 5.56 Å². The summed E-state index contributed by atoms with van der Waals surface area (Å²) in [5.74, 6) is -0.702. The molecule has 0 saturated heterocycles. The first kappa shape index (κ1) is 17.2. The van der Waals surface area contributed by atoms with E-state index >= 15 is 0 Å². The quantitative estimate of drug-likeness (QED) is 0.793. The molecule has 4 N–H and O–H groups in total. The largest absolute Gasteiger partial charge is 0.491 e. The molecule has 0 spiro atoms. The van der Waals surface area contributed by atoms with Crippen molar-refractivity contribution >= 4 is 11.7 Å². The van der Waals surface area contributed by atoms with Gasteiger partial charge in [-0.05, 0) is 18.2 Å². The average molecular weight is 343 g/mol. The van der Waals surface area contributed by atoms with Gasteiger partial charge in [0.25, 0.3) is 5.56 Å². The highest BCUT2D eigenvalue weighted by molar-refractivity contribution is 5.88. The Balaban J connectivity index is 2.42. The summed E-state index contributed by atoms with van der Waals surface area (Å²) in [6.07, 6.45) is -3.64. The lowest BCUT2D eigenvalue weighted by atomic mass is 10.1. The van der Waals surface area contributed by atoms with E-state index in [1.165, 1.54) is 13.2 Å². The van der Waals surface area contributed by atoms with Gasteiger partial charge in [-0.2, -0.15) is 13.2 Å². The number of amides is 2. The van der Waals surface area contributed by atoms with Gasteiger partial charge in [-0.25, -0.2) is 4.79 Å². The van der Waals surface area contributed by atoms with Crippen LogP contribution in [-0.4, -0.2) is 18.1 Å². The van der Waals surface area contributed by atoms with Gasteiger partial charge in [0.15, 0.2) is 5.75 Å². The summed E-state index contributed by atoms with van der Waals surface area (Å²) in [7, 11) is 1.24. The smallest absolute Gasteiger partial charge is 0.420 e. The molecule has 0 aliphatic carbocycles. The molecule has 2 amide bonds. The van der Waals surface area contributed by atoms with Gasteiger partial charge in [0, 0.05) is 18.0 Å². The SMILES string of the molecule is COc1cc(Oc2ccc(NC(N)=O)cc2C(F)(F)F)c[nH]c1=O. The molecule has 2 rings (SSSR count). The van der Waals surface area contributed by atoms with E-state index in [-0.39, 0.29) is 17.2 Å². The molecule has 0 aliphatic rings. The Bertz CT molecular complexity index is 818. The first-order chi connectivity index (χ1) is 11.2. The second-order valence-corrected chi connectivity index (χ2v) is 4.53. The predicted molar refractivity (Wildman–Crippen MR) is 78.3 cm³/mol. The lowest BCUT2D eigenvalue weighted by Crippen LogP contribution is -2.19. The van der Waals surface area contributed by atoms with E-state index < -0.39 is 29.1 Å². The van der Waals surface area contributed by atoms with Crippen LogP contribution in [0.25, 0.3) is 0 Å². The highest BCUT2D eigenvalue weighted by Gasteiger charge is 2.35. The van der Waals surface area contributed by atoms with E-state index in [0.717, 1.165) is 18.3 Å². The van der Waals surface area contributed by atoms with E-state index in [4.69, 9.17) is 15.2 Å². The predicted octanol–water partition coefficient (Wildman–Crippen LogP) is 2.69. The third-order valence-corrected chi connectivity index (χ3v) is 2.84. The summed E-state index contributed by atoms with van der Waals surface area (Å²) in [4.78, 5) is 24.4. The van der Waals surface area contributed by atoms with E-state index in [2.05, 4.69) is 4.98 Å². The third-order valence-electron chi connectivity index (χ3n) is 2.84. The monoisotopic (exact) mass is 343 g/mol. The fourth-order valence-electron chi connectivity index (χ4n) is 1.84. The molecule has 10 heteroatoms. The maximum absolute atomic E-state index is 13.2. The van der Waals surface area contributed by atoms with Crippen LogP contribution < -0.4 is 26.1 Å². The number of nitrogens with one attached hydrogen (secondary N) is 2. The topological polar surface area (TPSA) is 106 Å². The van der Waals surface area contributed by atoms with Crippen LogP contribution >= 0.6 is 0 Å². The fraction of sp³-hybridized carbons (Fsp3) is 0.143. The van der Waals surface area contributed by atoms with Crippen LogP contribution in [0.3, 0.4) is 0 Å². The van der Waals surface area contributed by atoms with E-state index in [0.29, 0.717) is 6.07 Å². The zero-order chi connectivity index (χ0) is 17.9. The standard InChI is InChI=1S/C14H12F3N3O4/c1-23-11-5-8(6-19-12(11)21)24-10-3-2-7(20-13(18)22)4-9(10)14(15,16)17/h2-6H,1H3,(H,19,21)(H3,18,20,22). The number of aromatic nitrogens is 1. The number of nitrogens with two attached hydrogens (primary N) is 1. The molecule has 0 radical (unpaired) electrons. The van der Waals surface area contributed by atoms with Crippen LogP contribution in [0, 0.1) is 0 Å². The fourth-order valence-corrected chi connectivity index (χ4v) is 1.84. The maximum Gasteiger partial charge on any atom is 0.420 e. The molecule has 0 aliphatic heterocycles.